The van der Waals surface area contributed by atoms with Crippen LogP contribution in [-0.2, 0) is 14.3 Å². The van der Waals surface area contributed by atoms with Gasteiger partial charge >= 0.3 is 5.97 Å². The van der Waals surface area contributed by atoms with Crippen molar-refractivity contribution in [2.75, 3.05) is 5.32 Å². The lowest BCUT2D eigenvalue weighted by atomic mass is 10.1. The minimum absolute atomic E-state index is 0.160. The number of hydrogen-bond acceptors (Lipinski definition) is 5. The van der Waals surface area contributed by atoms with Gasteiger partial charge < -0.3 is 10.1 Å². The summed E-state index contributed by atoms with van der Waals surface area (Å²) >= 11 is 5.89. The average molecular weight is 382 g/mol. The maximum absolute atomic E-state index is 12.1. The molecule has 0 radical (unpaired) electrons. The molecule has 7 heteroatoms. The number of nitrogens with one attached hydrogen (secondary N) is 1. The third-order valence-electron chi connectivity index (χ3n) is 3.74. The number of fused-ring (bicyclic) bond motifs is 1. The van der Waals surface area contributed by atoms with E-state index in [4.69, 9.17) is 16.3 Å². The lowest BCUT2D eigenvalue weighted by Gasteiger charge is -2.12. The van der Waals surface area contributed by atoms with Gasteiger partial charge in [-0.05, 0) is 31.2 Å². The van der Waals surface area contributed by atoms with E-state index in [9.17, 15) is 9.59 Å². The molecule has 0 unspecified atom stereocenters. The quantitative estimate of drug-likeness (QED) is 0.412. The fourth-order valence-corrected chi connectivity index (χ4v) is 2.57. The van der Waals surface area contributed by atoms with Crippen molar-refractivity contribution in [2.24, 2.45) is 0 Å². The molecule has 6 nitrogen and oxygen atoms in total. The van der Waals surface area contributed by atoms with E-state index in [1.807, 2.05) is 30.3 Å². The van der Waals surface area contributed by atoms with Gasteiger partial charge in [0.1, 0.15) is 0 Å². The smallest absolute Gasteiger partial charge is 0.331 e. The third-order valence-corrected chi connectivity index (χ3v) is 4.04. The first-order valence-electron chi connectivity index (χ1n) is 8.18. The van der Waals surface area contributed by atoms with Crippen molar-refractivity contribution in [3.05, 3.63) is 71.7 Å². The number of esters is 1. The summed E-state index contributed by atoms with van der Waals surface area (Å²) in [6, 6.07) is 12.7. The Kier molecular flexibility index (Phi) is 5.78. The van der Waals surface area contributed by atoms with Gasteiger partial charge in [0, 0.05) is 29.4 Å². The molecule has 1 amide bonds. The number of carbonyl (C=O) groups is 2. The largest absolute Gasteiger partial charge is 0.449 e. The molecule has 136 valence electrons. The Hall–Kier alpha value is -3.25. The second kappa shape index (κ2) is 8.42. The third kappa shape index (κ3) is 4.68. The summed E-state index contributed by atoms with van der Waals surface area (Å²) in [7, 11) is 0. The molecule has 2 aromatic heterocycles. The molecule has 27 heavy (non-hydrogen) atoms. The number of anilines is 1. The fraction of sp³-hybridized carbons (Fsp3) is 0.100. The second-order valence-electron chi connectivity index (χ2n) is 5.67. The zero-order valence-corrected chi connectivity index (χ0v) is 15.2. The van der Waals surface area contributed by atoms with E-state index in [1.54, 1.807) is 24.4 Å². The molecule has 0 saturated carbocycles. The van der Waals surface area contributed by atoms with Crippen molar-refractivity contribution in [1.82, 2.24) is 9.97 Å². The average Bonchev–Trinajstić information content (AvgIpc) is 2.68. The zero-order valence-electron chi connectivity index (χ0n) is 14.4. The number of nitrogens with zero attached hydrogens (tertiary/aromatic N) is 2. The summed E-state index contributed by atoms with van der Waals surface area (Å²) in [4.78, 5) is 32.4. The Morgan fingerprint density at radius 1 is 1.11 bits per heavy atom. The van der Waals surface area contributed by atoms with Crippen molar-refractivity contribution < 1.29 is 14.3 Å². The molecule has 2 heterocycles. The number of para-hydroxylation sites is 1. The van der Waals surface area contributed by atoms with Crippen LogP contribution >= 0.6 is 11.6 Å². The first-order valence-corrected chi connectivity index (χ1v) is 8.56. The van der Waals surface area contributed by atoms with Crippen LogP contribution in [0, 0.1) is 0 Å². The van der Waals surface area contributed by atoms with Crippen LogP contribution in [0.1, 0.15) is 12.5 Å². The number of amides is 1. The van der Waals surface area contributed by atoms with Crippen molar-refractivity contribution in [3.63, 3.8) is 0 Å². The van der Waals surface area contributed by atoms with Gasteiger partial charge in [-0.3, -0.25) is 9.78 Å². The molecule has 1 N–H and O–H groups in total. The first kappa shape index (κ1) is 18.5. The van der Waals surface area contributed by atoms with Crippen LogP contribution in [0.25, 0.3) is 17.0 Å². The van der Waals surface area contributed by atoms with E-state index in [0.29, 0.717) is 5.69 Å². The van der Waals surface area contributed by atoms with Crippen molar-refractivity contribution in [3.8, 4) is 0 Å². The minimum atomic E-state index is -0.996. The van der Waals surface area contributed by atoms with E-state index >= 15 is 0 Å². The van der Waals surface area contributed by atoms with Crippen molar-refractivity contribution in [1.29, 1.82) is 0 Å². The summed E-state index contributed by atoms with van der Waals surface area (Å²) in [6.07, 6.45) is 5.08. The van der Waals surface area contributed by atoms with Crippen LogP contribution in [0.3, 0.4) is 0 Å². The molecule has 1 aromatic carbocycles. The number of carbonyl (C=O) groups excluding carboxylic acids is 2. The Morgan fingerprint density at radius 2 is 1.85 bits per heavy atom. The topological polar surface area (TPSA) is 81.2 Å². The molecule has 3 rings (SSSR count). The monoisotopic (exact) mass is 381 g/mol. The van der Waals surface area contributed by atoms with Gasteiger partial charge in [0.25, 0.3) is 5.91 Å². The Morgan fingerprint density at radius 3 is 2.67 bits per heavy atom. The van der Waals surface area contributed by atoms with E-state index in [0.717, 1.165) is 16.5 Å². The summed E-state index contributed by atoms with van der Waals surface area (Å²) in [5, 5.41) is 3.70. The van der Waals surface area contributed by atoms with Gasteiger partial charge in [-0.25, -0.2) is 9.78 Å². The van der Waals surface area contributed by atoms with Gasteiger partial charge in [0.15, 0.2) is 11.3 Å². The summed E-state index contributed by atoms with van der Waals surface area (Å²) in [5.41, 5.74) is 1.91. The number of pyridine rings is 2. The van der Waals surface area contributed by atoms with Gasteiger partial charge in [-0.2, -0.15) is 0 Å². The predicted octanol–water partition coefficient (Wildman–Crippen LogP) is 3.87. The van der Waals surface area contributed by atoms with Crippen molar-refractivity contribution in [2.45, 2.75) is 13.0 Å². The number of aromatic nitrogens is 2. The number of rotatable bonds is 5. The first-order chi connectivity index (χ1) is 13.0. The molecular formula is C20H16ClN3O3. The second-order valence-corrected chi connectivity index (χ2v) is 6.02. The molecule has 0 aliphatic rings. The van der Waals surface area contributed by atoms with Crippen LogP contribution in [0.4, 0.5) is 5.69 Å². The lowest BCUT2D eigenvalue weighted by Crippen LogP contribution is -2.29. The van der Waals surface area contributed by atoms with Gasteiger partial charge in [0.2, 0.25) is 0 Å². The SMILES string of the molecule is C[C@@H](OC(=O)/C=C\c1cccc2cccnc12)C(=O)Nc1cccnc1Cl. The highest BCUT2D eigenvalue weighted by Crippen LogP contribution is 2.18. The van der Waals surface area contributed by atoms with Crippen LogP contribution in [0.5, 0.6) is 0 Å². The number of ether oxygens (including phenoxy) is 1. The van der Waals surface area contributed by atoms with Crippen molar-refractivity contribution >= 4 is 46.1 Å². The van der Waals surface area contributed by atoms with Gasteiger partial charge in [-0.15, -0.1) is 0 Å². The maximum atomic E-state index is 12.1. The maximum Gasteiger partial charge on any atom is 0.331 e. The molecule has 0 spiro atoms. The highest BCUT2D eigenvalue weighted by Gasteiger charge is 2.17. The Balaban J connectivity index is 1.63. The van der Waals surface area contributed by atoms with E-state index < -0.39 is 18.0 Å². The number of halogens is 1. The normalized spacial score (nSPS) is 12.1. The van der Waals surface area contributed by atoms with Gasteiger partial charge in [0.05, 0.1) is 11.2 Å². The van der Waals surface area contributed by atoms with Crippen LogP contribution < -0.4 is 5.32 Å². The highest BCUT2D eigenvalue weighted by molar-refractivity contribution is 6.32. The molecular weight excluding hydrogens is 366 g/mol. The molecule has 0 aliphatic heterocycles. The molecule has 0 fully saturated rings. The number of hydrogen-bond donors (Lipinski definition) is 1. The van der Waals surface area contributed by atoms with Gasteiger partial charge in [-0.1, -0.05) is 35.9 Å². The molecule has 0 bridgehead atoms. The van der Waals surface area contributed by atoms with E-state index in [2.05, 4.69) is 15.3 Å². The van der Waals surface area contributed by atoms with Crippen LogP contribution in [0.15, 0.2) is 60.9 Å². The lowest BCUT2D eigenvalue weighted by molar-refractivity contribution is -0.148. The molecule has 0 aliphatic carbocycles. The van der Waals surface area contributed by atoms with E-state index in [-0.39, 0.29) is 5.15 Å². The van der Waals surface area contributed by atoms with Crippen LogP contribution in [0.2, 0.25) is 5.15 Å². The summed E-state index contributed by atoms with van der Waals surface area (Å²) in [6.45, 7) is 1.48. The predicted molar refractivity (Wildman–Crippen MR) is 104 cm³/mol. The highest BCUT2D eigenvalue weighted by atomic mass is 35.5. The number of benzene rings is 1. The summed E-state index contributed by atoms with van der Waals surface area (Å²) in [5.74, 6) is -1.14. The van der Waals surface area contributed by atoms with Crippen LogP contribution in [-0.4, -0.2) is 27.9 Å². The zero-order chi connectivity index (χ0) is 19.2. The van der Waals surface area contributed by atoms with E-state index in [1.165, 1.54) is 19.2 Å². The summed E-state index contributed by atoms with van der Waals surface area (Å²) < 4.78 is 5.14. The molecule has 1 atom stereocenters. The molecule has 3 aromatic rings. The standard InChI is InChI=1S/C20H16ClN3O3/c1-13(20(26)24-16-8-4-12-23-19(16)21)27-17(25)10-9-15-6-2-5-14-7-3-11-22-18(14)15/h2-13H,1H3,(H,24,26)/b10-9-/t13-/m1/s1. The minimum Gasteiger partial charge on any atom is -0.449 e. The Labute approximate surface area is 160 Å². The molecule has 0 saturated heterocycles. The fourth-order valence-electron chi connectivity index (χ4n) is 2.40. The Bertz CT molecular complexity index is 1010.